The first-order valence-corrected chi connectivity index (χ1v) is 8.05. The van der Waals surface area contributed by atoms with Gasteiger partial charge in [0.15, 0.2) is 0 Å². The first-order valence-electron chi connectivity index (χ1n) is 7.24. The van der Waals surface area contributed by atoms with Crippen molar-refractivity contribution in [2.45, 2.75) is 45.2 Å². The molecule has 3 rings (SSSR count). The molecule has 0 radical (unpaired) electrons. The molecule has 0 bridgehead atoms. The number of nitrogens with zero attached hydrogens (tertiary/aromatic N) is 1. The summed E-state index contributed by atoms with van der Waals surface area (Å²) in [7, 11) is 0. The fourth-order valence-corrected chi connectivity index (χ4v) is 3.95. The third-order valence-corrected chi connectivity index (χ3v) is 5.25. The maximum atomic E-state index is 13.8. The highest BCUT2D eigenvalue weighted by molar-refractivity contribution is 7.11. The van der Waals surface area contributed by atoms with E-state index in [2.05, 4.69) is 10.3 Å². The van der Waals surface area contributed by atoms with E-state index >= 15 is 0 Å². The van der Waals surface area contributed by atoms with Crippen LogP contribution in [0.15, 0.2) is 18.2 Å². The lowest BCUT2D eigenvalue weighted by atomic mass is 10.1. The van der Waals surface area contributed by atoms with Crippen LogP contribution in [0, 0.1) is 11.6 Å². The molecule has 1 aromatic heterocycles. The van der Waals surface area contributed by atoms with E-state index in [0.29, 0.717) is 5.56 Å². The lowest BCUT2D eigenvalue weighted by molar-refractivity contribution is 0.469. The smallest absolute Gasteiger partial charge is 0.130 e. The standard InChI is InChI=1S/C16H18F2N2S/c1-9(12-7-6-11(17)8-13(12)18)19-10(2)16-20-14-4-3-5-15(14)21-16/h6-10,19H,3-5H2,1-2H3/t9-,10+/m1/s1. The summed E-state index contributed by atoms with van der Waals surface area (Å²) in [5.74, 6) is -1.06. The maximum absolute atomic E-state index is 13.8. The topological polar surface area (TPSA) is 24.9 Å². The van der Waals surface area contributed by atoms with Gasteiger partial charge in [-0.1, -0.05) is 6.07 Å². The van der Waals surface area contributed by atoms with E-state index in [1.807, 2.05) is 13.8 Å². The molecule has 1 heterocycles. The van der Waals surface area contributed by atoms with Gasteiger partial charge in [-0.25, -0.2) is 13.8 Å². The van der Waals surface area contributed by atoms with Crippen molar-refractivity contribution in [3.05, 3.63) is 51.0 Å². The largest absolute Gasteiger partial charge is 0.301 e. The molecule has 1 aliphatic carbocycles. The molecule has 0 unspecified atom stereocenters. The van der Waals surface area contributed by atoms with Gasteiger partial charge < -0.3 is 5.32 Å². The van der Waals surface area contributed by atoms with Crippen LogP contribution in [-0.2, 0) is 12.8 Å². The number of aryl methyl sites for hydroxylation is 2. The number of benzene rings is 1. The van der Waals surface area contributed by atoms with Crippen molar-refractivity contribution >= 4 is 11.3 Å². The number of fused-ring (bicyclic) bond motifs is 1. The molecule has 5 heteroatoms. The maximum Gasteiger partial charge on any atom is 0.130 e. The van der Waals surface area contributed by atoms with Crippen LogP contribution in [-0.4, -0.2) is 4.98 Å². The van der Waals surface area contributed by atoms with Crippen molar-refractivity contribution < 1.29 is 8.78 Å². The third-order valence-electron chi connectivity index (χ3n) is 3.91. The highest BCUT2D eigenvalue weighted by atomic mass is 32.1. The Morgan fingerprint density at radius 1 is 1.19 bits per heavy atom. The van der Waals surface area contributed by atoms with Crippen molar-refractivity contribution in [2.24, 2.45) is 0 Å². The van der Waals surface area contributed by atoms with Crippen molar-refractivity contribution in [2.75, 3.05) is 0 Å². The van der Waals surface area contributed by atoms with Crippen molar-refractivity contribution in [1.29, 1.82) is 0 Å². The van der Waals surface area contributed by atoms with Crippen LogP contribution in [0.2, 0.25) is 0 Å². The number of halogens is 2. The van der Waals surface area contributed by atoms with Gasteiger partial charge in [-0.3, -0.25) is 0 Å². The monoisotopic (exact) mass is 308 g/mol. The number of aromatic nitrogens is 1. The van der Waals surface area contributed by atoms with Gasteiger partial charge in [0, 0.05) is 22.5 Å². The number of rotatable bonds is 4. The van der Waals surface area contributed by atoms with Gasteiger partial charge in [0.2, 0.25) is 0 Å². The molecule has 2 atom stereocenters. The summed E-state index contributed by atoms with van der Waals surface area (Å²) >= 11 is 1.75. The van der Waals surface area contributed by atoms with E-state index in [0.717, 1.165) is 23.9 Å². The number of thiazole rings is 1. The minimum Gasteiger partial charge on any atom is -0.301 e. The molecule has 2 aromatic rings. The lowest BCUT2D eigenvalue weighted by Crippen LogP contribution is -2.23. The molecule has 0 saturated heterocycles. The molecule has 1 aromatic carbocycles. The average Bonchev–Trinajstić information content (AvgIpc) is 2.98. The fourth-order valence-electron chi connectivity index (χ4n) is 2.78. The number of hydrogen-bond acceptors (Lipinski definition) is 3. The van der Waals surface area contributed by atoms with E-state index in [-0.39, 0.29) is 12.1 Å². The second-order valence-corrected chi connectivity index (χ2v) is 6.67. The summed E-state index contributed by atoms with van der Waals surface area (Å²) < 4.78 is 26.8. The third kappa shape index (κ3) is 2.99. The minimum atomic E-state index is -0.548. The van der Waals surface area contributed by atoms with Gasteiger partial charge in [-0.15, -0.1) is 11.3 Å². The van der Waals surface area contributed by atoms with Crippen LogP contribution in [0.1, 0.15) is 53.5 Å². The molecule has 0 spiro atoms. The SMILES string of the molecule is C[C@H](N[C@H](C)c1ccc(F)cc1F)c1nc2c(s1)CCC2. The zero-order chi connectivity index (χ0) is 15.0. The molecule has 112 valence electrons. The second kappa shape index (κ2) is 5.81. The Balaban J connectivity index is 1.72. The molecule has 0 saturated carbocycles. The van der Waals surface area contributed by atoms with Gasteiger partial charge in [0.1, 0.15) is 16.6 Å². The van der Waals surface area contributed by atoms with Gasteiger partial charge in [-0.05, 0) is 39.2 Å². The van der Waals surface area contributed by atoms with Gasteiger partial charge in [-0.2, -0.15) is 0 Å². The zero-order valence-electron chi connectivity index (χ0n) is 12.1. The van der Waals surface area contributed by atoms with Crippen LogP contribution in [0.4, 0.5) is 8.78 Å². The van der Waals surface area contributed by atoms with E-state index in [1.165, 1.54) is 29.1 Å². The Labute approximate surface area is 127 Å². The molecule has 1 N–H and O–H groups in total. The van der Waals surface area contributed by atoms with Crippen LogP contribution in [0.5, 0.6) is 0 Å². The van der Waals surface area contributed by atoms with Crippen LogP contribution in [0.3, 0.4) is 0 Å². The van der Waals surface area contributed by atoms with Gasteiger partial charge in [0.25, 0.3) is 0 Å². The van der Waals surface area contributed by atoms with Crippen molar-refractivity contribution in [3.8, 4) is 0 Å². The average molecular weight is 308 g/mol. The highest BCUT2D eigenvalue weighted by Crippen LogP contribution is 2.31. The molecule has 1 aliphatic rings. The Kier molecular flexibility index (Phi) is 4.04. The summed E-state index contributed by atoms with van der Waals surface area (Å²) in [5, 5.41) is 4.40. The normalized spacial score (nSPS) is 16.8. The Morgan fingerprint density at radius 3 is 2.71 bits per heavy atom. The number of hydrogen-bond donors (Lipinski definition) is 1. The van der Waals surface area contributed by atoms with Gasteiger partial charge in [0.05, 0.1) is 11.7 Å². The Bertz CT molecular complexity index is 632. The summed E-state index contributed by atoms with van der Waals surface area (Å²) in [6.07, 6.45) is 3.40. The Morgan fingerprint density at radius 2 is 2.00 bits per heavy atom. The first kappa shape index (κ1) is 14.6. The molecule has 2 nitrogen and oxygen atoms in total. The summed E-state index contributed by atoms with van der Waals surface area (Å²) in [6.45, 7) is 3.92. The first-order chi connectivity index (χ1) is 10.0. The molecule has 0 fully saturated rings. The molecular weight excluding hydrogens is 290 g/mol. The quantitative estimate of drug-likeness (QED) is 0.910. The van der Waals surface area contributed by atoms with E-state index in [9.17, 15) is 8.78 Å². The molecule has 0 aliphatic heterocycles. The van der Waals surface area contributed by atoms with E-state index in [4.69, 9.17) is 0 Å². The Hall–Kier alpha value is -1.33. The lowest BCUT2D eigenvalue weighted by Gasteiger charge is -2.19. The van der Waals surface area contributed by atoms with Crippen molar-refractivity contribution in [3.63, 3.8) is 0 Å². The fraction of sp³-hybridized carbons (Fsp3) is 0.438. The van der Waals surface area contributed by atoms with E-state index < -0.39 is 11.6 Å². The minimum absolute atomic E-state index is 0.0556. The van der Waals surface area contributed by atoms with Crippen LogP contribution in [0.25, 0.3) is 0 Å². The molecule has 21 heavy (non-hydrogen) atoms. The number of nitrogens with one attached hydrogen (secondary N) is 1. The highest BCUT2D eigenvalue weighted by Gasteiger charge is 2.21. The van der Waals surface area contributed by atoms with Crippen LogP contribution >= 0.6 is 11.3 Å². The second-order valence-electron chi connectivity index (χ2n) is 5.55. The molecular formula is C16H18F2N2S. The molecule has 0 amide bonds. The summed E-state index contributed by atoms with van der Waals surface area (Å²) in [6, 6.07) is 3.58. The van der Waals surface area contributed by atoms with Gasteiger partial charge >= 0.3 is 0 Å². The zero-order valence-corrected chi connectivity index (χ0v) is 12.9. The van der Waals surface area contributed by atoms with Crippen molar-refractivity contribution in [1.82, 2.24) is 10.3 Å². The predicted octanol–water partition coefficient (Wildman–Crippen LogP) is 4.32. The summed E-state index contributed by atoms with van der Waals surface area (Å²) in [4.78, 5) is 6.06. The van der Waals surface area contributed by atoms with Crippen LogP contribution < -0.4 is 5.32 Å². The summed E-state index contributed by atoms with van der Waals surface area (Å²) in [5.41, 5.74) is 1.71. The predicted molar refractivity (Wildman–Crippen MR) is 80.5 cm³/mol. The van der Waals surface area contributed by atoms with E-state index in [1.54, 1.807) is 11.3 Å².